The molecule has 1 aliphatic rings. The number of rotatable bonds is 7. The molecule has 39 heavy (non-hydrogen) atoms. The average Bonchev–Trinajstić information content (AvgIpc) is 3.31. The third-order valence-corrected chi connectivity index (χ3v) is 9.19. The van der Waals surface area contributed by atoms with Crippen LogP contribution in [0.15, 0.2) is 48.8 Å². The lowest BCUT2D eigenvalue weighted by Gasteiger charge is -2.37. The summed E-state index contributed by atoms with van der Waals surface area (Å²) in [5.41, 5.74) is 3.79. The summed E-state index contributed by atoms with van der Waals surface area (Å²) in [4.78, 5) is 20.4. The number of hydrogen-bond donors (Lipinski definition) is 1. The number of halogens is 3. The molecule has 0 bridgehead atoms. The molecule has 0 aliphatic heterocycles. The van der Waals surface area contributed by atoms with Crippen LogP contribution in [-0.2, 0) is 6.54 Å². The Morgan fingerprint density at radius 3 is 2.51 bits per heavy atom. The topological polar surface area (TPSA) is 54.5 Å². The highest BCUT2D eigenvalue weighted by Crippen LogP contribution is 2.40. The number of amides is 1. The first-order valence-electron chi connectivity index (χ1n) is 12.9. The zero-order valence-electron chi connectivity index (χ0n) is 22.1. The molecule has 5 rings (SSSR count). The van der Waals surface area contributed by atoms with Crippen molar-refractivity contribution >= 4 is 38.9 Å². The highest BCUT2D eigenvalue weighted by atomic mass is 35.5. The Labute approximate surface area is 235 Å². The fourth-order valence-electron chi connectivity index (χ4n) is 5.39. The summed E-state index contributed by atoms with van der Waals surface area (Å²) in [6.45, 7) is 2.25. The molecule has 204 valence electrons. The normalized spacial score (nSPS) is 17.4. The summed E-state index contributed by atoms with van der Waals surface area (Å²) in [5.74, 6) is -0.924. The minimum Gasteiger partial charge on any atom is -0.496 e. The molecule has 9 heteroatoms. The van der Waals surface area contributed by atoms with E-state index in [9.17, 15) is 13.6 Å². The number of pyridine rings is 1. The number of nitrogens with one attached hydrogen (secondary N) is 1. The first kappa shape index (κ1) is 27.5. The van der Waals surface area contributed by atoms with Crippen LogP contribution in [0.5, 0.6) is 5.75 Å². The van der Waals surface area contributed by atoms with E-state index in [2.05, 4.69) is 16.4 Å². The fraction of sp³-hybridized carbons (Fsp3) is 0.333. The Bertz CT molecular complexity index is 1520. The largest absolute Gasteiger partial charge is 0.496 e. The molecular weight excluding hydrogens is 540 g/mol. The third kappa shape index (κ3) is 5.51. The van der Waals surface area contributed by atoms with Crippen LogP contribution in [0.2, 0.25) is 5.02 Å². The van der Waals surface area contributed by atoms with E-state index in [1.807, 2.05) is 32.2 Å². The summed E-state index contributed by atoms with van der Waals surface area (Å²) in [6.07, 6.45) is 7.04. The van der Waals surface area contributed by atoms with E-state index < -0.39 is 11.6 Å². The molecular formula is C30H30ClF2N3O2S. The van der Waals surface area contributed by atoms with Crippen LogP contribution in [0.4, 0.5) is 8.78 Å². The minimum atomic E-state index is -0.645. The first-order valence-corrected chi connectivity index (χ1v) is 14.1. The Kier molecular flexibility index (Phi) is 8.16. The number of methoxy groups -OCH3 is 1. The van der Waals surface area contributed by atoms with E-state index in [0.29, 0.717) is 11.8 Å². The number of benzene rings is 2. The van der Waals surface area contributed by atoms with Crippen molar-refractivity contribution in [2.75, 3.05) is 14.2 Å². The smallest absolute Gasteiger partial charge is 0.266 e. The van der Waals surface area contributed by atoms with Gasteiger partial charge in [0, 0.05) is 42.1 Å². The highest BCUT2D eigenvalue weighted by Gasteiger charge is 2.33. The van der Waals surface area contributed by atoms with Gasteiger partial charge in [-0.2, -0.15) is 0 Å². The van der Waals surface area contributed by atoms with Crippen LogP contribution in [0, 0.1) is 18.6 Å². The number of ether oxygens (including phenoxy) is 1. The molecule has 2 heterocycles. The molecule has 4 aromatic rings. The Morgan fingerprint density at radius 2 is 1.85 bits per heavy atom. The van der Waals surface area contributed by atoms with Crippen LogP contribution in [-0.4, -0.2) is 42.0 Å². The standard InChI is InChI=1S/C30H30ClF2N3O2S/c1-17-12-19(15-35-14-17)18-4-11-25(38-3)20(13-18)16-36(22-7-5-21(34-2)6-8-22)30(37)29-27(31)26-23(32)9-10-24(33)28(26)39-29/h4,9-15,21-22,34H,5-8,16H2,1-3H3. The summed E-state index contributed by atoms with van der Waals surface area (Å²) in [7, 11) is 3.55. The molecule has 1 saturated carbocycles. The average molecular weight is 570 g/mol. The Balaban J connectivity index is 1.56. The number of thiophene rings is 1. The third-order valence-electron chi connectivity index (χ3n) is 7.51. The minimum absolute atomic E-state index is 0.0440. The van der Waals surface area contributed by atoms with Crippen LogP contribution in [0.25, 0.3) is 21.2 Å². The number of fused-ring (bicyclic) bond motifs is 1. The molecule has 1 aliphatic carbocycles. The fourth-order valence-corrected chi connectivity index (χ4v) is 6.89. The van der Waals surface area contributed by atoms with Gasteiger partial charge in [0.1, 0.15) is 22.3 Å². The van der Waals surface area contributed by atoms with Crippen molar-refractivity contribution in [2.24, 2.45) is 0 Å². The molecule has 0 atom stereocenters. The maximum Gasteiger partial charge on any atom is 0.266 e. The van der Waals surface area contributed by atoms with E-state index in [1.165, 1.54) is 0 Å². The number of aryl methyl sites for hydroxylation is 1. The predicted molar refractivity (Wildman–Crippen MR) is 153 cm³/mol. The van der Waals surface area contributed by atoms with Gasteiger partial charge in [-0.25, -0.2) is 8.78 Å². The number of carbonyl (C=O) groups excluding carboxylic acids is 1. The monoisotopic (exact) mass is 569 g/mol. The van der Waals surface area contributed by atoms with Crippen molar-refractivity contribution in [3.05, 3.63) is 81.5 Å². The molecule has 2 aromatic carbocycles. The molecule has 0 unspecified atom stereocenters. The molecule has 0 saturated heterocycles. The van der Waals surface area contributed by atoms with Gasteiger partial charge in [0.05, 0.1) is 22.2 Å². The van der Waals surface area contributed by atoms with Gasteiger partial charge in [0.25, 0.3) is 5.91 Å². The molecule has 1 fully saturated rings. The van der Waals surface area contributed by atoms with Crippen molar-refractivity contribution in [1.29, 1.82) is 0 Å². The number of nitrogens with zero attached hydrogens (tertiary/aromatic N) is 2. The van der Waals surface area contributed by atoms with Gasteiger partial charge in [-0.15, -0.1) is 11.3 Å². The zero-order valence-corrected chi connectivity index (χ0v) is 23.6. The molecule has 5 nitrogen and oxygen atoms in total. The lowest BCUT2D eigenvalue weighted by atomic mass is 9.89. The van der Waals surface area contributed by atoms with Crippen LogP contribution >= 0.6 is 22.9 Å². The lowest BCUT2D eigenvalue weighted by molar-refractivity contribution is 0.0604. The van der Waals surface area contributed by atoms with E-state index >= 15 is 0 Å². The second kappa shape index (κ2) is 11.6. The highest BCUT2D eigenvalue weighted by molar-refractivity contribution is 7.21. The summed E-state index contributed by atoms with van der Waals surface area (Å²) >= 11 is 7.46. The number of carbonyl (C=O) groups is 1. The maximum absolute atomic E-state index is 14.6. The summed E-state index contributed by atoms with van der Waals surface area (Å²) in [6, 6.07) is 10.4. The first-order chi connectivity index (χ1) is 18.8. The molecule has 0 spiro atoms. The van der Waals surface area contributed by atoms with Gasteiger partial charge in [-0.3, -0.25) is 9.78 Å². The molecule has 0 radical (unpaired) electrons. The maximum atomic E-state index is 14.6. The van der Waals surface area contributed by atoms with Crippen molar-refractivity contribution in [3.8, 4) is 16.9 Å². The lowest BCUT2D eigenvalue weighted by Crippen LogP contribution is -2.44. The molecule has 1 N–H and O–H groups in total. The SMILES string of the molecule is CNC1CCC(N(Cc2cc(-c3cncc(C)c3)ccc2OC)C(=O)c2sc3c(F)ccc(F)c3c2Cl)CC1. The van der Waals surface area contributed by atoms with Crippen molar-refractivity contribution < 1.29 is 18.3 Å². The van der Waals surface area contributed by atoms with Crippen molar-refractivity contribution in [1.82, 2.24) is 15.2 Å². The summed E-state index contributed by atoms with van der Waals surface area (Å²) < 4.78 is 34.9. The molecule has 2 aromatic heterocycles. The predicted octanol–water partition coefficient (Wildman–Crippen LogP) is 7.38. The van der Waals surface area contributed by atoms with E-state index in [0.717, 1.165) is 71.4 Å². The van der Waals surface area contributed by atoms with Crippen LogP contribution < -0.4 is 10.1 Å². The Hall–Kier alpha value is -3.07. The van der Waals surface area contributed by atoms with Gasteiger partial charge >= 0.3 is 0 Å². The van der Waals surface area contributed by atoms with Gasteiger partial charge in [-0.05, 0) is 81.1 Å². The van der Waals surface area contributed by atoms with Crippen molar-refractivity contribution in [2.45, 2.75) is 51.2 Å². The van der Waals surface area contributed by atoms with Crippen molar-refractivity contribution in [3.63, 3.8) is 0 Å². The van der Waals surface area contributed by atoms with Gasteiger partial charge in [0.15, 0.2) is 0 Å². The van der Waals surface area contributed by atoms with Gasteiger partial charge in [0.2, 0.25) is 0 Å². The summed E-state index contributed by atoms with van der Waals surface area (Å²) in [5, 5.41) is 3.24. The Morgan fingerprint density at radius 1 is 1.10 bits per heavy atom. The van der Waals surface area contributed by atoms with Gasteiger partial charge < -0.3 is 15.0 Å². The number of hydrogen-bond acceptors (Lipinski definition) is 5. The number of aromatic nitrogens is 1. The van der Waals surface area contributed by atoms with Crippen LogP contribution in [0.3, 0.4) is 0 Å². The quantitative estimate of drug-likeness (QED) is 0.252. The van der Waals surface area contributed by atoms with E-state index in [-0.39, 0.29) is 38.5 Å². The molecule has 1 amide bonds. The second-order valence-electron chi connectivity index (χ2n) is 9.98. The second-order valence-corrected chi connectivity index (χ2v) is 11.4. The zero-order chi connectivity index (χ0) is 27.7. The van der Waals surface area contributed by atoms with E-state index in [1.54, 1.807) is 24.4 Å². The van der Waals surface area contributed by atoms with E-state index in [4.69, 9.17) is 16.3 Å². The van der Waals surface area contributed by atoms with Gasteiger partial charge in [-0.1, -0.05) is 17.7 Å². The van der Waals surface area contributed by atoms with Crippen LogP contribution in [0.1, 0.15) is 46.5 Å².